The Morgan fingerprint density at radius 2 is 1.33 bits per heavy atom. The lowest BCUT2D eigenvalue weighted by molar-refractivity contribution is -0.132. The Labute approximate surface area is 122 Å². The third-order valence-electron chi connectivity index (χ3n) is 3.10. The molecule has 0 aliphatic carbocycles. The lowest BCUT2D eigenvalue weighted by Gasteiger charge is -2.03. The van der Waals surface area contributed by atoms with Crippen molar-refractivity contribution in [2.75, 3.05) is 0 Å². The van der Waals surface area contributed by atoms with Gasteiger partial charge in [0.1, 0.15) is 0 Å². The third kappa shape index (κ3) is 3.57. The summed E-state index contributed by atoms with van der Waals surface area (Å²) in [5.74, 6) is -1.89. The molecule has 0 amide bonds. The molecule has 0 atom stereocenters. The van der Waals surface area contributed by atoms with Crippen LogP contribution in [0.25, 0.3) is 17.2 Å². The highest BCUT2D eigenvalue weighted by Gasteiger charge is 2.04. The molecule has 0 aliphatic rings. The van der Waals surface area contributed by atoms with Crippen LogP contribution in [0.4, 0.5) is 0 Å². The van der Waals surface area contributed by atoms with Gasteiger partial charge in [0.25, 0.3) is 0 Å². The maximum absolute atomic E-state index is 10.8. The molecule has 0 spiro atoms. The zero-order chi connectivity index (χ0) is 15.4. The van der Waals surface area contributed by atoms with Crippen molar-refractivity contribution in [3.05, 3.63) is 65.2 Å². The number of rotatable bonds is 4. The number of hydrogen-bond donors (Lipinski definition) is 2. The number of hydrogen-bond acceptors (Lipinski definition) is 2. The Hall–Kier alpha value is -2.88. The van der Waals surface area contributed by atoms with Gasteiger partial charge in [0, 0.05) is 5.57 Å². The average Bonchev–Trinajstić information content (AvgIpc) is 2.48. The van der Waals surface area contributed by atoms with Crippen LogP contribution in [-0.4, -0.2) is 22.2 Å². The van der Waals surface area contributed by atoms with Gasteiger partial charge in [-0.15, -0.1) is 0 Å². The van der Waals surface area contributed by atoms with E-state index < -0.39 is 11.9 Å². The van der Waals surface area contributed by atoms with Gasteiger partial charge >= 0.3 is 11.9 Å². The zero-order valence-electron chi connectivity index (χ0n) is 11.4. The highest BCUT2D eigenvalue weighted by atomic mass is 16.4. The fourth-order valence-corrected chi connectivity index (χ4v) is 1.89. The summed E-state index contributed by atoms with van der Waals surface area (Å²) in [5, 5.41) is 17.7. The molecule has 2 aromatic carbocycles. The van der Waals surface area contributed by atoms with Gasteiger partial charge in [-0.05, 0) is 41.8 Å². The van der Waals surface area contributed by atoms with Crippen LogP contribution in [0.5, 0.6) is 0 Å². The molecule has 0 bridgehead atoms. The van der Waals surface area contributed by atoms with Gasteiger partial charge in [0.2, 0.25) is 0 Å². The first-order valence-electron chi connectivity index (χ1n) is 6.33. The highest BCUT2D eigenvalue weighted by Crippen LogP contribution is 2.21. The summed E-state index contributed by atoms with van der Waals surface area (Å²) in [7, 11) is 0. The highest BCUT2D eigenvalue weighted by molar-refractivity contribution is 5.91. The predicted octanol–water partition coefficient (Wildman–Crippen LogP) is 3.54. The summed E-state index contributed by atoms with van der Waals surface area (Å²) in [6, 6.07) is 14.0. The minimum absolute atomic E-state index is 0.246. The van der Waals surface area contributed by atoms with Gasteiger partial charge in [0.15, 0.2) is 0 Å². The summed E-state index contributed by atoms with van der Waals surface area (Å²) in [5.41, 5.74) is 3.17. The summed E-state index contributed by atoms with van der Waals surface area (Å²) in [6.07, 6.45) is 1.60. The molecule has 106 valence electrons. The van der Waals surface area contributed by atoms with Crippen LogP contribution < -0.4 is 0 Å². The summed E-state index contributed by atoms with van der Waals surface area (Å²) >= 11 is 0. The summed E-state index contributed by atoms with van der Waals surface area (Å²) in [4.78, 5) is 21.6. The molecular formula is C17H14O4. The van der Waals surface area contributed by atoms with Crippen LogP contribution in [-0.2, 0) is 4.79 Å². The van der Waals surface area contributed by atoms with E-state index in [2.05, 4.69) is 0 Å². The smallest absolute Gasteiger partial charge is 0.335 e. The van der Waals surface area contributed by atoms with E-state index in [1.807, 2.05) is 24.3 Å². The normalized spacial score (nSPS) is 11.2. The molecule has 2 aromatic rings. The minimum atomic E-state index is -0.953. The lowest BCUT2D eigenvalue weighted by atomic mass is 10.0. The Morgan fingerprint density at radius 1 is 0.857 bits per heavy atom. The number of carboxylic acids is 2. The fraction of sp³-hybridized carbons (Fsp3) is 0.0588. The van der Waals surface area contributed by atoms with E-state index >= 15 is 0 Å². The van der Waals surface area contributed by atoms with Crippen LogP contribution in [0.2, 0.25) is 0 Å². The number of aromatic carboxylic acids is 1. The van der Waals surface area contributed by atoms with Gasteiger partial charge in [-0.3, -0.25) is 0 Å². The minimum Gasteiger partial charge on any atom is -0.478 e. The van der Waals surface area contributed by atoms with Crippen LogP contribution in [0.3, 0.4) is 0 Å². The second-order valence-corrected chi connectivity index (χ2v) is 4.64. The average molecular weight is 282 g/mol. The number of carboxylic acid groups (broad SMARTS) is 2. The van der Waals surface area contributed by atoms with Crippen molar-refractivity contribution >= 4 is 18.0 Å². The predicted molar refractivity (Wildman–Crippen MR) is 80.1 cm³/mol. The quantitative estimate of drug-likeness (QED) is 0.841. The molecule has 0 saturated carbocycles. The molecule has 4 nitrogen and oxygen atoms in total. The lowest BCUT2D eigenvalue weighted by Crippen LogP contribution is -1.95. The van der Waals surface area contributed by atoms with E-state index in [0.717, 1.165) is 16.7 Å². The van der Waals surface area contributed by atoms with Gasteiger partial charge in [0.05, 0.1) is 5.56 Å². The number of benzene rings is 2. The summed E-state index contributed by atoms with van der Waals surface area (Å²) in [6.45, 7) is 1.54. The summed E-state index contributed by atoms with van der Waals surface area (Å²) < 4.78 is 0. The van der Waals surface area contributed by atoms with Crippen LogP contribution in [0, 0.1) is 0 Å². The molecule has 21 heavy (non-hydrogen) atoms. The first-order chi connectivity index (χ1) is 9.97. The molecule has 0 aliphatic heterocycles. The topological polar surface area (TPSA) is 74.6 Å². The van der Waals surface area contributed by atoms with Gasteiger partial charge < -0.3 is 10.2 Å². The van der Waals surface area contributed by atoms with Gasteiger partial charge in [-0.2, -0.15) is 0 Å². The van der Waals surface area contributed by atoms with Crippen LogP contribution in [0.1, 0.15) is 22.8 Å². The molecule has 4 heteroatoms. The zero-order valence-corrected chi connectivity index (χ0v) is 11.4. The first kappa shape index (κ1) is 14.5. The Bertz CT molecular complexity index is 695. The van der Waals surface area contributed by atoms with Gasteiger partial charge in [-0.1, -0.05) is 36.4 Å². The molecule has 0 saturated heterocycles. The van der Waals surface area contributed by atoms with Crippen LogP contribution >= 0.6 is 0 Å². The van der Waals surface area contributed by atoms with E-state index in [-0.39, 0.29) is 11.1 Å². The SMILES string of the molecule is C/C(=C\c1ccc(-c2ccc(C(=O)O)cc2)cc1)C(=O)O. The van der Waals surface area contributed by atoms with Crippen molar-refractivity contribution in [3.8, 4) is 11.1 Å². The van der Waals surface area contributed by atoms with Crippen molar-refractivity contribution < 1.29 is 19.8 Å². The van der Waals surface area contributed by atoms with E-state index in [1.54, 1.807) is 37.3 Å². The van der Waals surface area contributed by atoms with Crippen molar-refractivity contribution in [2.24, 2.45) is 0 Å². The molecule has 0 radical (unpaired) electrons. The van der Waals surface area contributed by atoms with E-state index in [0.29, 0.717) is 0 Å². The van der Waals surface area contributed by atoms with E-state index in [1.165, 1.54) is 0 Å². The maximum atomic E-state index is 10.8. The van der Waals surface area contributed by atoms with E-state index in [4.69, 9.17) is 10.2 Å². The molecule has 0 fully saturated rings. The molecule has 2 N–H and O–H groups in total. The molecule has 0 heterocycles. The van der Waals surface area contributed by atoms with Gasteiger partial charge in [-0.25, -0.2) is 9.59 Å². The Balaban J connectivity index is 2.24. The molecule has 0 unspecified atom stereocenters. The largest absolute Gasteiger partial charge is 0.478 e. The van der Waals surface area contributed by atoms with E-state index in [9.17, 15) is 9.59 Å². The van der Waals surface area contributed by atoms with Crippen molar-refractivity contribution in [1.82, 2.24) is 0 Å². The second-order valence-electron chi connectivity index (χ2n) is 4.64. The maximum Gasteiger partial charge on any atom is 0.335 e. The third-order valence-corrected chi connectivity index (χ3v) is 3.10. The molecule has 0 aromatic heterocycles. The Kier molecular flexibility index (Phi) is 4.18. The molecule has 2 rings (SSSR count). The number of carbonyl (C=O) groups is 2. The molecular weight excluding hydrogens is 268 g/mol. The Morgan fingerprint density at radius 3 is 1.76 bits per heavy atom. The van der Waals surface area contributed by atoms with Crippen molar-refractivity contribution in [3.63, 3.8) is 0 Å². The van der Waals surface area contributed by atoms with Crippen molar-refractivity contribution in [2.45, 2.75) is 6.92 Å². The monoisotopic (exact) mass is 282 g/mol. The standard InChI is InChI=1S/C17H14O4/c1-11(16(18)19)10-12-2-4-13(5-3-12)14-6-8-15(9-7-14)17(20)21/h2-10H,1H3,(H,18,19)(H,20,21)/b11-10+. The van der Waals surface area contributed by atoms with Crippen LogP contribution in [0.15, 0.2) is 54.1 Å². The fourth-order valence-electron chi connectivity index (χ4n) is 1.89. The number of aliphatic carboxylic acids is 1. The first-order valence-corrected chi connectivity index (χ1v) is 6.33. The van der Waals surface area contributed by atoms with Crippen molar-refractivity contribution in [1.29, 1.82) is 0 Å². The second kappa shape index (κ2) is 6.05.